The van der Waals surface area contributed by atoms with Gasteiger partial charge in [0.05, 0.1) is 27.4 Å². The first kappa shape index (κ1) is 41.9. The molecule has 3 aromatic carbocycles. The lowest BCUT2D eigenvalue weighted by molar-refractivity contribution is -0.352. The van der Waals surface area contributed by atoms with E-state index in [1.165, 1.54) is 56.7 Å². The highest BCUT2D eigenvalue weighted by Gasteiger charge is 2.52. The topological polar surface area (TPSA) is 314 Å². The summed E-state index contributed by atoms with van der Waals surface area (Å²) in [5.74, 6) is -3.61. The largest absolute Gasteiger partial charge is 0.508 e. The summed E-state index contributed by atoms with van der Waals surface area (Å²) in [7, 11) is 2.60. The van der Waals surface area contributed by atoms with Gasteiger partial charge in [0.15, 0.2) is 29.7 Å². The smallest absolute Gasteiger partial charge is 0.331 e. The second kappa shape index (κ2) is 17.4. The van der Waals surface area contributed by atoms with Crippen LogP contribution in [0.5, 0.6) is 40.2 Å². The second-order valence-corrected chi connectivity index (χ2v) is 13.1. The van der Waals surface area contributed by atoms with E-state index in [1.807, 2.05) is 0 Å². The Morgan fingerprint density at radius 3 is 2.00 bits per heavy atom. The van der Waals surface area contributed by atoms with Crippen LogP contribution in [0.3, 0.4) is 0 Å². The Balaban J connectivity index is 1.26. The molecular formula is C38H40O20. The molecule has 10 N–H and O–H groups in total. The summed E-state index contributed by atoms with van der Waals surface area (Å²) in [5, 5.41) is 104. The van der Waals surface area contributed by atoms with Gasteiger partial charge in [-0.25, -0.2) is 4.79 Å². The van der Waals surface area contributed by atoms with Gasteiger partial charge in [0, 0.05) is 23.8 Å². The van der Waals surface area contributed by atoms with Crippen molar-refractivity contribution in [1.82, 2.24) is 0 Å². The predicted octanol–water partition coefficient (Wildman–Crippen LogP) is -0.433. The summed E-state index contributed by atoms with van der Waals surface area (Å²) >= 11 is 0. The Morgan fingerprint density at radius 2 is 1.38 bits per heavy atom. The quantitative estimate of drug-likeness (QED) is 0.0640. The summed E-state index contributed by atoms with van der Waals surface area (Å²) in [5.41, 5.74) is -0.820. The summed E-state index contributed by atoms with van der Waals surface area (Å²) in [6.07, 6.45) is -16.4. The summed E-state index contributed by atoms with van der Waals surface area (Å²) < 4.78 is 44.4. The van der Waals surface area contributed by atoms with E-state index in [1.54, 1.807) is 0 Å². The molecule has 58 heavy (non-hydrogen) atoms. The van der Waals surface area contributed by atoms with Gasteiger partial charge in [-0.3, -0.25) is 4.79 Å². The highest BCUT2D eigenvalue weighted by Crippen LogP contribution is 2.39. The molecule has 20 heteroatoms. The lowest BCUT2D eigenvalue weighted by Crippen LogP contribution is -2.65. The summed E-state index contributed by atoms with van der Waals surface area (Å²) in [6, 6.07) is 9.89. The summed E-state index contributed by atoms with van der Waals surface area (Å²) in [4.78, 5) is 26.8. The average molecular weight is 817 g/mol. The molecule has 0 bridgehead atoms. The van der Waals surface area contributed by atoms with Gasteiger partial charge in [-0.05, 0) is 48.0 Å². The number of carbonyl (C=O) groups is 1. The molecule has 0 radical (unpaired) electrons. The number of rotatable bonds is 12. The van der Waals surface area contributed by atoms with Crippen molar-refractivity contribution in [3.8, 4) is 51.6 Å². The Labute approximate surface area is 327 Å². The third kappa shape index (κ3) is 8.32. The number of benzene rings is 3. The Kier molecular flexibility index (Phi) is 12.6. The maximum Gasteiger partial charge on any atom is 0.331 e. The van der Waals surface area contributed by atoms with Crippen LogP contribution in [0.15, 0.2) is 63.8 Å². The number of aromatic hydroxyl groups is 4. The van der Waals surface area contributed by atoms with E-state index in [0.717, 1.165) is 18.2 Å². The monoisotopic (exact) mass is 816 g/mol. The number of phenols is 4. The highest BCUT2D eigenvalue weighted by molar-refractivity contribution is 5.89. The van der Waals surface area contributed by atoms with Gasteiger partial charge < -0.3 is 88.6 Å². The zero-order chi connectivity index (χ0) is 42.0. The molecule has 1 aromatic heterocycles. The van der Waals surface area contributed by atoms with Crippen molar-refractivity contribution >= 4 is 23.0 Å². The fourth-order valence-electron chi connectivity index (χ4n) is 6.41. The van der Waals surface area contributed by atoms with Crippen LogP contribution >= 0.6 is 0 Å². The molecule has 2 aliphatic rings. The Hall–Kier alpha value is -5.68. The molecule has 20 nitrogen and oxygen atoms in total. The molecule has 2 saturated heterocycles. The minimum Gasteiger partial charge on any atom is -0.508 e. The fraction of sp³-hybridized carbons (Fsp3) is 0.368. The first-order valence-corrected chi connectivity index (χ1v) is 17.4. The molecule has 0 aliphatic carbocycles. The molecule has 3 heterocycles. The van der Waals surface area contributed by atoms with Gasteiger partial charge in [0.25, 0.3) is 0 Å². The number of aliphatic hydroxyl groups is 6. The van der Waals surface area contributed by atoms with Gasteiger partial charge in [-0.1, -0.05) is 0 Å². The molecule has 10 atom stereocenters. The van der Waals surface area contributed by atoms with E-state index in [9.17, 15) is 60.7 Å². The van der Waals surface area contributed by atoms with Gasteiger partial charge in [0.1, 0.15) is 70.9 Å². The van der Waals surface area contributed by atoms with Crippen molar-refractivity contribution in [2.24, 2.45) is 0 Å². The maximum atomic E-state index is 13.8. The molecule has 6 rings (SSSR count). The third-order valence-corrected chi connectivity index (χ3v) is 9.38. The van der Waals surface area contributed by atoms with Crippen LogP contribution in [0, 0.1) is 0 Å². The normalized spacial score (nSPS) is 27.4. The lowest BCUT2D eigenvalue weighted by atomic mass is 9.96. The van der Waals surface area contributed by atoms with Crippen LogP contribution in [0.2, 0.25) is 0 Å². The Bertz CT molecular complexity index is 2160. The van der Waals surface area contributed by atoms with Crippen LogP contribution in [-0.2, 0) is 23.7 Å². The van der Waals surface area contributed by atoms with Crippen molar-refractivity contribution in [2.45, 2.75) is 61.4 Å². The number of fused-ring (bicyclic) bond motifs is 1. The summed E-state index contributed by atoms with van der Waals surface area (Å²) in [6.45, 7) is -1.80. The zero-order valence-electron chi connectivity index (χ0n) is 30.5. The number of ether oxygens (including phenoxy) is 7. The van der Waals surface area contributed by atoms with Gasteiger partial charge in [-0.15, -0.1) is 0 Å². The van der Waals surface area contributed by atoms with Crippen molar-refractivity contribution in [2.75, 3.05) is 27.4 Å². The second-order valence-electron chi connectivity index (χ2n) is 13.1. The van der Waals surface area contributed by atoms with Crippen LogP contribution in [-0.4, -0.2) is 146 Å². The van der Waals surface area contributed by atoms with Gasteiger partial charge >= 0.3 is 5.97 Å². The number of esters is 1. The minimum atomic E-state index is -2.10. The van der Waals surface area contributed by atoms with Crippen LogP contribution in [0.4, 0.5) is 0 Å². The predicted molar refractivity (Wildman–Crippen MR) is 194 cm³/mol. The lowest BCUT2D eigenvalue weighted by Gasteiger charge is -2.46. The van der Waals surface area contributed by atoms with E-state index in [-0.39, 0.29) is 39.9 Å². The number of phenolic OH excluding ortho intramolecular Hbond substituents is 4. The minimum absolute atomic E-state index is 0.0237. The molecule has 0 saturated carbocycles. The molecular weight excluding hydrogens is 776 g/mol. The number of methoxy groups -OCH3 is 2. The standard InChI is InChI=1S/C38H40O20/c1-51-21-9-15(10-22(52-2)27(21)45)3-8-25(44)56-36-30(48)28(46)23(13-39)54-38(36)57-34-24(14-40)55-37(32(50)31(34)49)58-35-29(47)26-19(43)11-18(42)12-20(26)53-33(35)16-4-6-17(41)7-5-16/h3-12,23-24,28,30-32,34,36-43,45-46,48-50H,13-14H2,1-2H3/b8-3+/t23-,24-,28-,30+,31-,32-,34+,36-,37+,38+/m1/s1. The van der Waals surface area contributed by atoms with Gasteiger partial charge in [-0.2, -0.15) is 0 Å². The van der Waals surface area contributed by atoms with Crippen molar-refractivity contribution in [3.63, 3.8) is 0 Å². The molecule has 0 amide bonds. The molecule has 2 fully saturated rings. The third-order valence-electron chi connectivity index (χ3n) is 9.38. The number of carbonyl (C=O) groups excluding carboxylic acids is 1. The van der Waals surface area contributed by atoms with Crippen LogP contribution in [0.25, 0.3) is 28.4 Å². The Morgan fingerprint density at radius 1 is 0.759 bits per heavy atom. The first-order valence-electron chi connectivity index (χ1n) is 17.4. The van der Waals surface area contributed by atoms with Crippen molar-refractivity contribution < 1.29 is 93.4 Å². The highest BCUT2D eigenvalue weighted by atomic mass is 16.7. The van der Waals surface area contributed by atoms with E-state index in [2.05, 4.69) is 0 Å². The number of aliphatic hydroxyl groups excluding tert-OH is 6. The van der Waals surface area contributed by atoms with Crippen LogP contribution < -0.4 is 19.6 Å². The van der Waals surface area contributed by atoms with E-state index in [0.29, 0.717) is 5.56 Å². The maximum absolute atomic E-state index is 13.8. The SMILES string of the molecule is COc1cc(/C=C/C(=O)O[C@H]2[C@H](O[C@@H]3[C@H](O)[C@@H](O)[C@H](Oc4c(-c5ccc(O)cc5)oc5cc(O)cc(O)c5c4=O)O[C@@H]3CO)O[C@H](CO)[C@@H](O)[C@@H]2O)cc(OC)c1O. The zero-order valence-corrected chi connectivity index (χ0v) is 30.5. The number of hydrogen-bond acceptors (Lipinski definition) is 20. The van der Waals surface area contributed by atoms with Gasteiger partial charge in [0.2, 0.25) is 23.2 Å². The molecule has 0 spiro atoms. The fourth-order valence-corrected chi connectivity index (χ4v) is 6.41. The first-order chi connectivity index (χ1) is 27.7. The van der Waals surface area contributed by atoms with Crippen LogP contribution in [0.1, 0.15) is 5.56 Å². The van der Waals surface area contributed by atoms with Crippen molar-refractivity contribution in [1.29, 1.82) is 0 Å². The molecule has 2 aliphatic heterocycles. The molecule has 312 valence electrons. The van der Waals surface area contributed by atoms with E-state index < -0.39 is 109 Å². The van der Waals surface area contributed by atoms with Crippen molar-refractivity contribution in [3.05, 3.63) is 70.4 Å². The molecule has 4 aromatic rings. The van der Waals surface area contributed by atoms with E-state index >= 15 is 0 Å². The molecule has 0 unspecified atom stereocenters. The number of hydrogen-bond donors (Lipinski definition) is 10. The average Bonchev–Trinajstić information content (AvgIpc) is 3.20. The van der Waals surface area contributed by atoms with E-state index in [4.69, 9.17) is 37.6 Å².